The second-order valence-corrected chi connectivity index (χ2v) is 6.29. The van der Waals surface area contributed by atoms with Crippen molar-refractivity contribution >= 4 is 5.71 Å². The van der Waals surface area contributed by atoms with E-state index < -0.39 is 0 Å². The number of hydrogen-bond donors (Lipinski definition) is 0. The van der Waals surface area contributed by atoms with Crippen LogP contribution >= 0.6 is 0 Å². The first-order chi connectivity index (χ1) is 13.3. The molecule has 0 N–H and O–H groups in total. The molecule has 1 aliphatic heterocycles. The van der Waals surface area contributed by atoms with Crippen molar-refractivity contribution in [3.8, 4) is 23.0 Å². The largest absolute Gasteiger partial charge is 0.493 e. The summed E-state index contributed by atoms with van der Waals surface area (Å²) in [6, 6.07) is 21.9. The molecule has 136 valence electrons. The maximum absolute atomic E-state index is 5.98. The number of methoxy groups -OCH3 is 2. The number of rotatable bonds is 5. The molecular formula is C23H21NO3. The number of ether oxygens (including phenoxy) is 3. The van der Waals surface area contributed by atoms with Crippen molar-refractivity contribution in [2.75, 3.05) is 20.8 Å². The molecule has 0 amide bonds. The molecule has 4 nitrogen and oxygen atoms in total. The van der Waals surface area contributed by atoms with Crippen molar-refractivity contribution in [3.05, 3.63) is 83.4 Å². The van der Waals surface area contributed by atoms with Crippen LogP contribution in [0.4, 0.5) is 0 Å². The Balaban J connectivity index is 1.71. The van der Waals surface area contributed by atoms with Gasteiger partial charge in [-0.3, -0.25) is 4.99 Å². The molecule has 0 aromatic heterocycles. The first-order valence-corrected chi connectivity index (χ1v) is 8.91. The third-order valence-electron chi connectivity index (χ3n) is 4.60. The highest BCUT2D eigenvalue weighted by Gasteiger charge is 2.20. The standard InChI is InChI=1S/C23H21NO3/c1-25-21-14-16-11-12-24-23(20(16)15-22(21)26-2)17-7-6-10-19(13-17)27-18-8-4-3-5-9-18/h3-10,13-15H,11-12H2,1-2H3. The number of fused-ring (bicyclic) bond motifs is 1. The zero-order valence-corrected chi connectivity index (χ0v) is 15.4. The SMILES string of the molecule is COc1cc2c(cc1OC)C(c1cccc(Oc3ccccc3)c1)=NCC2. The topological polar surface area (TPSA) is 40.0 Å². The van der Waals surface area contributed by atoms with Crippen LogP contribution in [0.2, 0.25) is 0 Å². The molecule has 3 aromatic carbocycles. The van der Waals surface area contributed by atoms with Crippen molar-refractivity contribution in [1.29, 1.82) is 0 Å². The Hall–Kier alpha value is -3.27. The lowest BCUT2D eigenvalue weighted by Gasteiger charge is -2.20. The van der Waals surface area contributed by atoms with E-state index in [0.717, 1.165) is 47.1 Å². The van der Waals surface area contributed by atoms with Gasteiger partial charge < -0.3 is 14.2 Å². The zero-order chi connectivity index (χ0) is 18.6. The summed E-state index contributed by atoms with van der Waals surface area (Å²) in [5.74, 6) is 3.06. The molecular weight excluding hydrogens is 338 g/mol. The normalized spacial score (nSPS) is 12.7. The summed E-state index contributed by atoms with van der Waals surface area (Å²) < 4.78 is 16.9. The third kappa shape index (κ3) is 3.51. The van der Waals surface area contributed by atoms with E-state index in [-0.39, 0.29) is 0 Å². The molecule has 0 atom stereocenters. The Labute approximate surface area is 159 Å². The van der Waals surface area contributed by atoms with Crippen LogP contribution in [0.3, 0.4) is 0 Å². The van der Waals surface area contributed by atoms with Crippen LogP contribution in [0.15, 0.2) is 71.7 Å². The minimum absolute atomic E-state index is 0.711. The summed E-state index contributed by atoms with van der Waals surface area (Å²) in [5, 5.41) is 0. The maximum Gasteiger partial charge on any atom is 0.161 e. The quantitative estimate of drug-likeness (QED) is 0.651. The second kappa shape index (κ2) is 7.54. The van der Waals surface area contributed by atoms with E-state index in [0.29, 0.717) is 5.75 Å². The molecule has 0 spiro atoms. The molecule has 3 aromatic rings. The van der Waals surface area contributed by atoms with Gasteiger partial charge in [-0.1, -0.05) is 30.3 Å². The number of benzene rings is 3. The van der Waals surface area contributed by atoms with Gasteiger partial charge in [0.15, 0.2) is 11.5 Å². The average Bonchev–Trinajstić information content (AvgIpc) is 2.73. The van der Waals surface area contributed by atoms with E-state index in [1.54, 1.807) is 14.2 Å². The van der Waals surface area contributed by atoms with E-state index in [9.17, 15) is 0 Å². The van der Waals surface area contributed by atoms with E-state index in [1.807, 2.05) is 60.7 Å². The number of aliphatic imine (C=N–C) groups is 1. The molecule has 0 aliphatic carbocycles. The molecule has 0 fully saturated rings. The van der Waals surface area contributed by atoms with Crippen LogP contribution in [0, 0.1) is 0 Å². The molecule has 0 unspecified atom stereocenters. The summed E-state index contributed by atoms with van der Waals surface area (Å²) >= 11 is 0. The van der Waals surface area contributed by atoms with Crippen LogP contribution in [0.5, 0.6) is 23.0 Å². The highest BCUT2D eigenvalue weighted by molar-refractivity contribution is 6.14. The van der Waals surface area contributed by atoms with Gasteiger partial charge in [0.1, 0.15) is 11.5 Å². The van der Waals surface area contributed by atoms with Gasteiger partial charge in [-0.15, -0.1) is 0 Å². The number of nitrogens with zero attached hydrogens (tertiary/aromatic N) is 1. The molecule has 0 saturated carbocycles. The molecule has 1 heterocycles. The Kier molecular flexibility index (Phi) is 4.79. The smallest absolute Gasteiger partial charge is 0.161 e. The minimum atomic E-state index is 0.711. The van der Waals surface area contributed by atoms with Crippen LogP contribution in [-0.2, 0) is 6.42 Å². The molecule has 1 aliphatic rings. The summed E-state index contributed by atoms with van der Waals surface area (Å²) in [4.78, 5) is 4.78. The van der Waals surface area contributed by atoms with Gasteiger partial charge >= 0.3 is 0 Å². The molecule has 0 radical (unpaired) electrons. The van der Waals surface area contributed by atoms with Gasteiger partial charge in [0.2, 0.25) is 0 Å². The van der Waals surface area contributed by atoms with Gasteiger partial charge in [0, 0.05) is 17.7 Å². The summed E-state index contributed by atoms with van der Waals surface area (Å²) in [6.45, 7) is 0.752. The van der Waals surface area contributed by atoms with Crippen molar-refractivity contribution in [3.63, 3.8) is 0 Å². The zero-order valence-electron chi connectivity index (χ0n) is 15.4. The predicted molar refractivity (Wildman–Crippen MR) is 107 cm³/mol. The lowest BCUT2D eigenvalue weighted by Crippen LogP contribution is -2.15. The summed E-state index contributed by atoms with van der Waals surface area (Å²) in [7, 11) is 3.31. The third-order valence-corrected chi connectivity index (χ3v) is 4.60. The van der Waals surface area contributed by atoms with Gasteiger partial charge in [0.25, 0.3) is 0 Å². The average molecular weight is 359 g/mol. The van der Waals surface area contributed by atoms with Crippen molar-refractivity contribution in [1.82, 2.24) is 0 Å². The summed E-state index contributed by atoms with van der Waals surface area (Å²) in [5.41, 5.74) is 4.27. The van der Waals surface area contributed by atoms with Gasteiger partial charge in [0.05, 0.1) is 19.9 Å². The minimum Gasteiger partial charge on any atom is -0.493 e. The lowest BCUT2D eigenvalue weighted by atomic mass is 9.92. The number of hydrogen-bond acceptors (Lipinski definition) is 4. The Morgan fingerprint density at radius 2 is 1.52 bits per heavy atom. The fraction of sp³-hybridized carbons (Fsp3) is 0.174. The van der Waals surface area contributed by atoms with Crippen LogP contribution in [0.1, 0.15) is 16.7 Å². The second-order valence-electron chi connectivity index (χ2n) is 6.29. The Bertz CT molecular complexity index is 980. The van der Waals surface area contributed by atoms with Gasteiger partial charge in [-0.2, -0.15) is 0 Å². The van der Waals surface area contributed by atoms with Crippen molar-refractivity contribution < 1.29 is 14.2 Å². The fourth-order valence-corrected chi connectivity index (χ4v) is 3.30. The highest BCUT2D eigenvalue weighted by atomic mass is 16.5. The van der Waals surface area contributed by atoms with Crippen molar-refractivity contribution in [2.45, 2.75) is 6.42 Å². The number of para-hydroxylation sites is 1. The fourth-order valence-electron chi connectivity index (χ4n) is 3.30. The van der Waals surface area contributed by atoms with E-state index in [2.05, 4.69) is 6.07 Å². The van der Waals surface area contributed by atoms with Gasteiger partial charge in [-0.05, 0) is 48.4 Å². The molecule has 0 saturated heterocycles. The molecule has 27 heavy (non-hydrogen) atoms. The first-order valence-electron chi connectivity index (χ1n) is 8.91. The Morgan fingerprint density at radius 1 is 0.778 bits per heavy atom. The van der Waals surface area contributed by atoms with E-state index in [1.165, 1.54) is 5.56 Å². The molecule has 4 heteroatoms. The van der Waals surface area contributed by atoms with E-state index >= 15 is 0 Å². The van der Waals surface area contributed by atoms with Gasteiger partial charge in [-0.25, -0.2) is 0 Å². The molecule has 0 bridgehead atoms. The van der Waals surface area contributed by atoms with Crippen LogP contribution < -0.4 is 14.2 Å². The van der Waals surface area contributed by atoms with Crippen LogP contribution in [0.25, 0.3) is 0 Å². The monoisotopic (exact) mass is 359 g/mol. The maximum atomic E-state index is 5.98. The lowest BCUT2D eigenvalue weighted by molar-refractivity contribution is 0.354. The molecule has 4 rings (SSSR count). The predicted octanol–water partition coefficient (Wildman–Crippen LogP) is 4.89. The summed E-state index contributed by atoms with van der Waals surface area (Å²) in [6.07, 6.45) is 0.888. The highest BCUT2D eigenvalue weighted by Crippen LogP contribution is 2.34. The van der Waals surface area contributed by atoms with E-state index in [4.69, 9.17) is 19.2 Å². The van der Waals surface area contributed by atoms with Crippen LogP contribution in [-0.4, -0.2) is 26.5 Å². The Morgan fingerprint density at radius 3 is 2.30 bits per heavy atom. The first kappa shape index (κ1) is 17.2. The van der Waals surface area contributed by atoms with Crippen molar-refractivity contribution in [2.24, 2.45) is 4.99 Å².